The van der Waals surface area contributed by atoms with Crippen molar-refractivity contribution in [1.29, 1.82) is 0 Å². The number of Topliss-reactive ketones (excluding diaryl/α,β-unsaturated/α-hetero) is 1. The van der Waals surface area contributed by atoms with Gasteiger partial charge in [0.2, 0.25) is 0 Å². The smallest absolute Gasteiger partial charge is 0.191 e. The summed E-state index contributed by atoms with van der Waals surface area (Å²) in [7, 11) is 3.97. The Balaban J connectivity index is 1.91. The minimum atomic E-state index is -0.371. The van der Waals surface area contributed by atoms with Gasteiger partial charge in [0.05, 0.1) is 0 Å². The third-order valence-corrected chi connectivity index (χ3v) is 4.73. The Morgan fingerprint density at radius 2 is 1.86 bits per heavy atom. The maximum Gasteiger partial charge on any atom is 0.191 e. The molecule has 4 heteroatoms. The highest BCUT2D eigenvalue weighted by atomic mass is 32.2. The lowest BCUT2D eigenvalue weighted by Gasteiger charge is -2.17. The minimum absolute atomic E-state index is 0.0788. The normalized spacial score (nSPS) is 15.8. The Morgan fingerprint density at radius 3 is 2.55 bits per heavy atom. The van der Waals surface area contributed by atoms with Crippen LogP contribution in [-0.4, -0.2) is 25.6 Å². The van der Waals surface area contributed by atoms with E-state index in [4.69, 9.17) is 0 Å². The standard InChI is InChI=1S/C18H16FNOS/c1-20(2)15-6-3-12(4-7-15)9-13-11-22-17-8-5-14(19)10-16(17)18(13)21/h3-10H,11H2,1-2H3/b13-9+. The number of carbonyl (C=O) groups is 1. The first-order chi connectivity index (χ1) is 10.5. The van der Waals surface area contributed by atoms with Crippen LogP contribution in [0, 0.1) is 5.82 Å². The van der Waals surface area contributed by atoms with E-state index < -0.39 is 0 Å². The van der Waals surface area contributed by atoms with Crippen molar-refractivity contribution in [3.63, 3.8) is 0 Å². The van der Waals surface area contributed by atoms with E-state index in [9.17, 15) is 9.18 Å². The second-order valence-corrected chi connectivity index (χ2v) is 6.43. The van der Waals surface area contributed by atoms with E-state index in [1.54, 1.807) is 17.8 Å². The third-order valence-electron chi connectivity index (χ3n) is 3.61. The van der Waals surface area contributed by atoms with Gasteiger partial charge in [-0.1, -0.05) is 12.1 Å². The van der Waals surface area contributed by atoms with Gasteiger partial charge >= 0.3 is 0 Å². The van der Waals surface area contributed by atoms with E-state index in [0.717, 1.165) is 16.1 Å². The summed E-state index contributed by atoms with van der Waals surface area (Å²) < 4.78 is 13.4. The highest BCUT2D eigenvalue weighted by molar-refractivity contribution is 7.99. The quantitative estimate of drug-likeness (QED) is 0.773. The van der Waals surface area contributed by atoms with E-state index in [2.05, 4.69) is 0 Å². The molecule has 3 rings (SSSR count). The van der Waals surface area contributed by atoms with E-state index in [-0.39, 0.29) is 11.6 Å². The lowest BCUT2D eigenvalue weighted by atomic mass is 10.0. The summed E-state index contributed by atoms with van der Waals surface area (Å²) in [6.07, 6.45) is 1.89. The highest BCUT2D eigenvalue weighted by Gasteiger charge is 2.22. The number of nitrogens with zero attached hydrogens (tertiary/aromatic N) is 1. The molecule has 0 unspecified atom stereocenters. The predicted octanol–water partition coefficient (Wildman–Crippen LogP) is 4.26. The van der Waals surface area contributed by atoms with Crippen molar-refractivity contribution in [2.24, 2.45) is 0 Å². The van der Waals surface area contributed by atoms with Crippen LogP contribution in [0.3, 0.4) is 0 Å². The Kier molecular flexibility index (Phi) is 4.03. The topological polar surface area (TPSA) is 20.3 Å². The SMILES string of the molecule is CN(C)c1ccc(/C=C2\CSc3ccc(F)cc3C2=O)cc1. The van der Waals surface area contributed by atoms with Crippen LogP contribution in [-0.2, 0) is 0 Å². The van der Waals surface area contributed by atoms with Crippen LogP contribution in [0.2, 0.25) is 0 Å². The molecule has 0 aliphatic carbocycles. The van der Waals surface area contributed by atoms with Gasteiger partial charge in [0.25, 0.3) is 0 Å². The Bertz CT molecular complexity index is 750. The Labute approximate surface area is 133 Å². The van der Waals surface area contributed by atoms with Crippen LogP contribution in [0.25, 0.3) is 6.08 Å². The van der Waals surface area contributed by atoms with Crippen LogP contribution in [0.15, 0.2) is 52.9 Å². The maximum absolute atomic E-state index is 13.4. The van der Waals surface area contributed by atoms with Crippen molar-refractivity contribution in [1.82, 2.24) is 0 Å². The number of hydrogen-bond donors (Lipinski definition) is 0. The molecule has 0 saturated carbocycles. The van der Waals surface area contributed by atoms with Crippen molar-refractivity contribution in [2.75, 3.05) is 24.7 Å². The van der Waals surface area contributed by atoms with Crippen molar-refractivity contribution in [2.45, 2.75) is 4.90 Å². The number of halogens is 1. The average Bonchev–Trinajstić information content (AvgIpc) is 2.51. The fourth-order valence-electron chi connectivity index (χ4n) is 2.38. The zero-order chi connectivity index (χ0) is 15.7. The first kappa shape index (κ1) is 14.9. The lowest BCUT2D eigenvalue weighted by molar-refractivity contribution is 0.103. The monoisotopic (exact) mass is 313 g/mol. The van der Waals surface area contributed by atoms with E-state index in [1.165, 1.54) is 12.1 Å². The van der Waals surface area contributed by atoms with Gasteiger partial charge in [-0.3, -0.25) is 4.79 Å². The molecule has 0 bridgehead atoms. The van der Waals surface area contributed by atoms with Crippen LogP contribution >= 0.6 is 11.8 Å². The van der Waals surface area contributed by atoms with Crippen molar-refractivity contribution in [3.05, 3.63) is 65.0 Å². The third kappa shape index (κ3) is 2.92. The van der Waals surface area contributed by atoms with Crippen molar-refractivity contribution in [3.8, 4) is 0 Å². The number of carbonyl (C=O) groups excluding carboxylic acids is 1. The summed E-state index contributed by atoms with van der Waals surface area (Å²) in [6.45, 7) is 0. The molecule has 0 amide bonds. The zero-order valence-electron chi connectivity index (χ0n) is 12.5. The molecule has 1 aliphatic heterocycles. The van der Waals surface area contributed by atoms with Gasteiger partial charge < -0.3 is 4.90 Å². The molecule has 22 heavy (non-hydrogen) atoms. The number of anilines is 1. The Morgan fingerprint density at radius 1 is 1.14 bits per heavy atom. The van der Waals surface area contributed by atoms with Gasteiger partial charge in [0.1, 0.15) is 5.82 Å². The molecule has 1 heterocycles. The summed E-state index contributed by atoms with van der Waals surface area (Å²) in [5.41, 5.74) is 3.27. The Hall–Kier alpha value is -2.07. The highest BCUT2D eigenvalue weighted by Crippen LogP contribution is 2.33. The molecule has 1 aliphatic rings. The zero-order valence-corrected chi connectivity index (χ0v) is 13.3. The number of thioether (sulfide) groups is 1. The minimum Gasteiger partial charge on any atom is -0.378 e. The molecule has 0 aromatic heterocycles. The van der Waals surface area contributed by atoms with Gasteiger partial charge in [-0.25, -0.2) is 4.39 Å². The predicted molar refractivity (Wildman–Crippen MR) is 90.2 cm³/mol. The second-order valence-electron chi connectivity index (χ2n) is 5.41. The molecular weight excluding hydrogens is 297 g/mol. The molecule has 112 valence electrons. The van der Waals surface area contributed by atoms with Crippen LogP contribution < -0.4 is 4.90 Å². The molecule has 0 fully saturated rings. The summed E-state index contributed by atoms with van der Waals surface area (Å²) >= 11 is 1.57. The molecular formula is C18H16FNOS. The van der Waals surface area contributed by atoms with Crippen molar-refractivity contribution >= 4 is 29.3 Å². The second kappa shape index (κ2) is 5.97. The summed E-state index contributed by atoms with van der Waals surface area (Å²) in [6, 6.07) is 12.4. The van der Waals surface area contributed by atoms with Gasteiger partial charge in [-0.05, 0) is 42.0 Å². The summed E-state index contributed by atoms with van der Waals surface area (Å²) in [5, 5.41) is 0. The average molecular weight is 313 g/mol. The van der Waals surface area contributed by atoms with Gasteiger partial charge in [0, 0.05) is 41.6 Å². The number of benzene rings is 2. The maximum atomic E-state index is 13.4. The molecule has 0 N–H and O–H groups in total. The molecule has 0 atom stereocenters. The van der Waals surface area contributed by atoms with E-state index >= 15 is 0 Å². The van der Waals surface area contributed by atoms with E-state index in [1.807, 2.05) is 49.3 Å². The molecule has 2 aromatic carbocycles. The molecule has 0 saturated heterocycles. The fraction of sp³-hybridized carbons (Fsp3) is 0.167. The molecule has 2 nitrogen and oxygen atoms in total. The van der Waals surface area contributed by atoms with Gasteiger partial charge in [-0.15, -0.1) is 11.8 Å². The fourth-order valence-corrected chi connectivity index (χ4v) is 3.37. The largest absolute Gasteiger partial charge is 0.378 e. The van der Waals surface area contributed by atoms with Crippen LogP contribution in [0.4, 0.5) is 10.1 Å². The molecule has 2 aromatic rings. The lowest BCUT2D eigenvalue weighted by Crippen LogP contribution is -2.12. The first-order valence-electron chi connectivity index (χ1n) is 6.99. The number of ketones is 1. The summed E-state index contributed by atoms with van der Waals surface area (Å²) in [5.74, 6) is 0.168. The van der Waals surface area contributed by atoms with Gasteiger partial charge in [-0.2, -0.15) is 0 Å². The van der Waals surface area contributed by atoms with Crippen LogP contribution in [0.5, 0.6) is 0 Å². The van der Waals surface area contributed by atoms with Crippen molar-refractivity contribution < 1.29 is 9.18 Å². The summed E-state index contributed by atoms with van der Waals surface area (Å²) in [4.78, 5) is 15.4. The molecule has 0 radical (unpaired) electrons. The number of fused-ring (bicyclic) bond motifs is 1. The van der Waals surface area contributed by atoms with Crippen LogP contribution in [0.1, 0.15) is 15.9 Å². The molecule has 0 spiro atoms. The van der Waals surface area contributed by atoms with E-state index in [0.29, 0.717) is 16.9 Å². The first-order valence-corrected chi connectivity index (χ1v) is 7.98. The number of hydrogen-bond acceptors (Lipinski definition) is 3. The van der Waals surface area contributed by atoms with Gasteiger partial charge in [0.15, 0.2) is 5.78 Å². The number of rotatable bonds is 2.